The average Bonchev–Trinajstić information content (AvgIpc) is 3.06. The molecule has 1 amide bonds. The number of carbonyl (C=O) groups is 1. The smallest absolute Gasteiger partial charge is 0.231 e. The van der Waals surface area contributed by atoms with Gasteiger partial charge in [-0.2, -0.15) is 10.1 Å². The number of aryl methyl sites for hydroxylation is 2. The minimum atomic E-state index is -0.231. The van der Waals surface area contributed by atoms with Gasteiger partial charge in [-0.05, 0) is 44.5 Å². The Morgan fingerprint density at radius 1 is 1.46 bits per heavy atom. The van der Waals surface area contributed by atoms with E-state index in [4.69, 9.17) is 16.1 Å². The Morgan fingerprint density at radius 2 is 2.17 bits per heavy atom. The largest absolute Gasteiger partial charge is 0.344 e. The number of rotatable bonds is 4. The maximum atomic E-state index is 12.2. The molecule has 2 aromatic rings. The minimum absolute atomic E-state index is 0. The molecule has 0 saturated carbocycles. The molecular formula is C14H20Cl2N6O2. The van der Waals surface area contributed by atoms with Crippen molar-refractivity contribution in [2.45, 2.75) is 32.1 Å². The van der Waals surface area contributed by atoms with E-state index in [0.29, 0.717) is 23.1 Å². The zero-order valence-electron chi connectivity index (χ0n) is 13.5. The van der Waals surface area contributed by atoms with Crippen molar-refractivity contribution in [1.29, 1.82) is 0 Å². The van der Waals surface area contributed by atoms with E-state index in [1.165, 1.54) is 0 Å². The highest BCUT2D eigenvalue weighted by atomic mass is 35.5. The Labute approximate surface area is 150 Å². The molecule has 0 aliphatic carbocycles. The summed E-state index contributed by atoms with van der Waals surface area (Å²) in [5.74, 6) is 1.32. The van der Waals surface area contributed by atoms with E-state index in [-0.39, 0.29) is 30.0 Å². The zero-order valence-corrected chi connectivity index (χ0v) is 15.1. The lowest BCUT2D eigenvalue weighted by atomic mass is 9.98. The lowest BCUT2D eigenvalue weighted by molar-refractivity contribution is -0.115. The van der Waals surface area contributed by atoms with E-state index >= 15 is 0 Å². The first-order valence-corrected chi connectivity index (χ1v) is 7.94. The quantitative estimate of drug-likeness (QED) is 0.846. The van der Waals surface area contributed by atoms with Crippen molar-refractivity contribution in [3.05, 3.63) is 22.3 Å². The van der Waals surface area contributed by atoms with Crippen LogP contribution < -0.4 is 10.6 Å². The van der Waals surface area contributed by atoms with Gasteiger partial charge in [-0.3, -0.25) is 10.1 Å². The van der Waals surface area contributed by atoms with Crippen LogP contribution in [0.2, 0.25) is 5.22 Å². The van der Waals surface area contributed by atoms with Gasteiger partial charge in [0.1, 0.15) is 0 Å². The summed E-state index contributed by atoms with van der Waals surface area (Å²) in [4.78, 5) is 16.7. The van der Waals surface area contributed by atoms with Gasteiger partial charge >= 0.3 is 0 Å². The van der Waals surface area contributed by atoms with Gasteiger partial charge in [0.2, 0.25) is 17.1 Å². The third kappa shape index (κ3) is 4.06. The topological polar surface area (TPSA) is 97.9 Å². The Morgan fingerprint density at radius 3 is 2.79 bits per heavy atom. The summed E-state index contributed by atoms with van der Waals surface area (Å²) < 4.78 is 6.44. The summed E-state index contributed by atoms with van der Waals surface area (Å²) in [5, 5.41) is 14.4. The van der Waals surface area contributed by atoms with E-state index in [9.17, 15) is 4.79 Å². The van der Waals surface area contributed by atoms with Crippen LogP contribution in [0.4, 0.5) is 5.95 Å². The van der Waals surface area contributed by atoms with Gasteiger partial charge in [-0.25, -0.2) is 4.68 Å². The highest BCUT2D eigenvalue weighted by Crippen LogP contribution is 2.24. The first-order chi connectivity index (χ1) is 11.0. The van der Waals surface area contributed by atoms with Crippen LogP contribution in [0.1, 0.15) is 35.8 Å². The molecule has 0 spiro atoms. The summed E-state index contributed by atoms with van der Waals surface area (Å²) in [7, 11) is 1.77. The standard InChI is InChI=1S/C14H19ClN6O2.ClH/c1-8-10(12(15)23-20-8)7-11(22)17-14-18-13(19-21(14)2)9-3-5-16-6-4-9;/h9,16H,3-7H2,1-2H3,(H,17,18,19,22);1H. The fraction of sp³-hybridized carbons (Fsp3) is 0.571. The second-order valence-corrected chi connectivity index (χ2v) is 6.03. The van der Waals surface area contributed by atoms with Crippen molar-refractivity contribution in [2.75, 3.05) is 18.4 Å². The molecule has 3 heterocycles. The number of aromatic nitrogens is 4. The summed E-state index contributed by atoms with van der Waals surface area (Å²) >= 11 is 5.88. The normalized spacial score (nSPS) is 15.1. The monoisotopic (exact) mass is 374 g/mol. The van der Waals surface area contributed by atoms with Crippen molar-refractivity contribution >= 4 is 35.9 Å². The van der Waals surface area contributed by atoms with Crippen LogP contribution >= 0.6 is 24.0 Å². The van der Waals surface area contributed by atoms with Crippen LogP contribution in [-0.2, 0) is 18.3 Å². The molecule has 132 valence electrons. The van der Waals surface area contributed by atoms with Crippen molar-refractivity contribution < 1.29 is 9.32 Å². The molecule has 0 bridgehead atoms. The number of halogens is 2. The van der Waals surface area contributed by atoms with E-state index < -0.39 is 0 Å². The van der Waals surface area contributed by atoms with Gasteiger partial charge in [0.05, 0.1) is 12.1 Å². The average molecular weight is 375 g/mol. The number of nitrogens with one attached hydrogen (secondary N) is 2. The lowest BCUT2D eigenvalue weighted by Crippen LogP contribution is -2.27. The molecule has 0 radical (unpaired) electrons. The number of carbonyl (C=O) groups excluding carboxylic acids is 1. The Kier molecular flexibility index (Phi) is 6.20. The van der Waals surface area contributed by atoms with E-state index in [0.717, 1.165) is 31.8 Å². The van der Waals surface area contributed by atoms with E-state index in [2.05, 4.69) is 25.9 Å². The van der Waals surface area contributed by atoms with Gasteiger partial charge in [-0.1, -0.05) is 5.16 Å². The van der Waals surface area contributed by atoms with Crippen LogP contribution in [0.25, 0.3) is 0 Å². The number of hydrogen-bond acceptors (Lipinski definition) is 6. The molecule has 0 unspecified atom stereocenters. The first kappa shape index (κ1) is 18.7. The molecule has 0 atom stereocenters. The van der Waals surface area contributed by atoms with Gasteiger partial charge < -0.3 is 9.84 Å². The molecule has 24 heavy (non-hydrogen) atoms. The number of piperidine rings is 1. The molecule has 2 aromatic heterocycles. The maximum Gasteiger partial charge on any atom is 0.231 e. The Bertz CT molecular complexity index is 689. The third-order valence-corrected chi connectivity index (χ3v) is 4.31. The van der Waals surface area contributed by atoms with Crippen molar-refractivity contribution in [3.8, 4) is 0 Å². The molecule has 10 heteroatoms. The van der Waals surface area contributed by atoms with E-state index in [1.807, 2.05) is 0 Å². The number of amides is 1. The van der Waals surface area contributed by atoms with Gasteiger partial charge in [0.25, 0.3) is 0 Å². The maximum absolute atomic E-state index is 12.2. The Hall–Kier alpha value is -1.64. The van der Waals surface area contributed by atoms with Gasteiger partial charge in [-0.15, -0.1) is 12.4 Å². The second kappa shape index (κ2) is 7.96. The SMILES string of the molecule is Cc1noc(Cl)c1CC(=O)Nc1nc(C2CCNCC2)nn1C.Cl. The second-order valence-electron chi connectivity index (χ2n) is 5.69. The number of nitrogens with zero attached hydrogens (tertiary/aromatic N) is 4. The Balaban J connectivity index is 0.00000208. The van der Waals surface area contributed by atoms with Gasteiger partial charge in [0.15, 0.2) is 5.82 Å². The number of anilines is 1. The van der Waals surface area contributed by atoms with Crippen LogP contribution in [0, 0.1) is 6.92 Å². The molecule has 1 aliphatic heterocycles. The van der Waals surface area contributed by atoms with Crippen molar-refractivity contribution in [2.24, 2.45) is 7.05 Å². The third-order valence-electron chi connectivity index (χ3n) is 4.01. The summed E-state index contributed by atoms with van der Waals surface area (Å²) in [5.41, 5.74) is 1.20. The van der Waals surface area contributed by atoms with Crippen molar-refractivity contribution in [3.63, 3.8) is 0 Å². The van der Waals surface area contributed by atoms with Crippen molar-refractivity contribution in [1.82, 2.24) is 25.2 Å². The van der Waals surface area contributed by atoms with Crippen LogP contribution in [0.15, 0.2) is 4.52 Å². The molecule has 1 fully saturated rings. The van der Waals surface area contributed by atoms with E-state index in [1.54, 1.807) is 18.7 Å². The van der Waals surface area contributed by atoms with Crippen LogP contribution in [-0.4, -0.2) is 38.9 Å². The highest BCUT2D eigenvalue weighted by molar-refractivity contribution is 6.29. The molecule has 8 nitrogen and oxygen atoms in total. The summed E-state index contributed by atoms with van der Waals surface area (Å²) in [6.07, 6.45) is 2.10. The molecule has 1 aliphatic rings. The lowest BCUT2D eigenvalue weighted by Gasteiger charge is -2.19. The molecular weight excluding hydrogens is 355 g/mol. The predicted octanol–water partition coefficient (Wildman–Crippen LogP) is 1.83. The summed E-state index contributed by atoms with van der Waals surface area (Å²) in [6.45, 7) is 3.68. The van der Waals surface area contributed by atoms with Gasteiger partial charge in [0, 0.05) is 18.5 Å². The number of hydrogen-bond donors (Lipinski definition) is 2. The fourth-order valence-corrected chi connectivity index (χ4v) is 2.89. The molecule has 1 saturated heterocycles. The zero-order chi connectivity index (χ0) is 16.4. The predicted molar refractivity (Wildman–Crippen MR) is 91.7 cm³/mol. The minimum Gasteiger partial charge on any atom is -0.344 e. The van der Waals surface area contributed by atoms with Crippen LogP contribution in [0.3, 0.4) is 0 Å². The van der Waals surface area contributed by atoms with Crippen LogP contribution in [0.5, 0.6) is 0 Å². The molecule has 0 aromatic carbocycles. The fourth-order valence-electron chi connectivity index (χ4n) is 2.65. The molecule has 3 rings (SSSR count). The highest BCUT2D eigenvalue weighted by Gasteiger charge is 2.22. The first-order valence-electron chi connectivity index (χ1n) is 7.56. The molecule has 2 N–H and O–H groups in total. The summed E-state index contributed by atoms with van der Waals surface area (Å²) in [6, 6.07) is 0.